The Balaban J connectivity index is 1.99. The van der Waals surface area contributed by atoms with Crippen molar-refractivity contribution < 1.29 is 4.39 Å². The molecule has 0 saturated carbocycles. The van der Waals surface area contributed by atoms with Crippen LogP contribution in [0.4, 0.5) is 16.0 Å². The maximum atomic E-state index is 12.8. The third-order valence-electron chi connectivity index (χ3n) is 2.89. The number of pyridine rings is 1. The normalized spacial score (nSPS) is 10.5. The Morgan fingerprint density at radius 1 is 1.05 bits per heavy atom. The van der Waals surface area contributed by atoms with Gasteiger partial charge < -0.3 is 10.6 Å². The Bertz CT molecular complexity index is 603. The molecule has 0 saturated heterocycles. The van der Waals surface area contributed by atoms with E-state index >= 15 is 0 Å². The second kappa shape index (κ2) is 7.48. The zero-order valence-corrected chi connectivity index (χ0v) is 13.1. The van der Waals surface area contributed by atoms with Crippen molar-refractivity contribution in [2.45, 2.75) is 13.3 Å². The van der Waals surface area contributed by atoms with Crippen LogP contribution in [0.3, 0.4) is 0 Å². The molecule has 0 atom stereocenters. The summed E-state index contributed by atoms with van der Waals surface area (Å²) in [6.07, 6.45) is 0.747. The molecule has 0 amide bonds. The number of nitrogens with one attached hydrogen (secondary N) is 2. The quantitative estimate of drug-likeness (QED) is 0.813. The predicted octanol–water partition coefficient (Wildman–Crippen LogP) is 4.61. The van der Waals surface area contributed by atoms with Crippen molar-refractivity contribution in [3.63, 3.8) is 0 Å². The molecular formula is C15H16Cl2FN3. The van der Waals surface area contributed by atoms with E-state index in [1.807, 2.05) is 6.92 Å². The monoisotopic (exact) mass is 327 g/mol. The Kier molecular flexibility index (Phi) is 5.65. The van der Waals surface area contributed by atoms with E-state index in [-0.39, 0.29) is 5.82 Å². The van der Waals surface area contributed by atoms with Crippen LogP contribution < -0.4 is 10.6 Å². The van der Waals surface area contributed by atoms with E-state index in [0.717, 1.165) is 18.5 Å². The molecule has 1 aromatic heterocycles. The lowest BCUT2D eigenvalue weighted by Gasteiger charge is -2.11. The lowest BCUT2D eigenvalue weighted by molar-refractivity contribution is 0.627. The molecule has 0 aliphatic carbocycles. The van der Waals surface area contributed by atoms with Gasteiger partial charge in [-0.15, -0.1) is 0 Å². The summed E-state index contributed by atoms with van der Waals surface area (Å²) in [6, 6.07) is 8.09. The van der Waals surface area contributed by atoms with E-state index in [9.17, 15) is 4.39 Å². The first-order valence-electron chi connectivity index (χ1n) is 6.68. The molecule has 2 N–H and O–H groups in total. The number of benzene rings is 1. The lowest BCUT2D eigenvalue weighted by atomic mass is 10.1. The minimum absolute atomic E-state index is 0.232. The number of halogens is 3. The maximum absolute atomic E-state index is 12.8. The number of nitrogens with zero attached hydrogens (tertiary/aromatic N) is 1. The second-order valence-corrected chi connectivity index (χ2v) is 5.30. The standard InChI is InChI=1S/C15H16Cl2FN3/c1-2-19-14-12(16)9-13(17)15(21-14)20-8-7-10-3-5-11(18)6-4-10/h3-6,9H,2,7-8H2,1H3,(H2,19,20,21). The summed E-state index contributed by atoms with van der Waals surface area (Å²) >= 11 is 12.2. The third kappa shape index (κ3) is 4.48. The predicted molar refractivity (Wildman–Crippen MR) is 87.0 cm³/mol. The molecule has 6 heteroatoms. The van der Waals surface area contributed by atoms with Gasteiger partial charge in [-0.05, 0) is 37.1 Å². The minimum Gasteiger partial charge on any atom is -0.369 e. The molecule has 0 fully saturated rings. The van der Waals surface area contributed by atoms with Crippen LogP contribution in [0.2, 0.25) is 10.0 Å². The van der Waals surface area contributed by atoms with Gasteiger partial charge in [0.2, 0.25) is 0 Å². The first-order chi connectivity index (χ1) is 10.1. The summed E-state index contributed by atoms with van der Waals surface area (Å²) < 4.78 is 12.8. The maximum Gasteiger partial charge on any atom is 0.147 e. The summed E-state index contributed by atoms with van der Waals surface area (Å²) in [5, 5.41) is 7.21. The molecule has 0 aliphatic rings. The summed E-state index contributed by atoms with van der Waals surface area (Å²) in [5.74, 6) is 0.955. The molecule has 112 valence electrons. The SMILES string of the molecule is CCNc1nc(NCCc2ccc(F)cc2)c(Cl)cc1Cl. The van der Waals surface area contributed by atoms with Gasteiger partial charge in [0.1, 0.15) is 17.5 Å². The van der Waals surface area contributed by atoms with Crippen molar-refractivity contribution in [2.24, 2.45) is 0 Å². The van der Waals surface area contributed by atoms with E-state index in [0.29, 0.717) is 28.2 Å². The van der Waals surface area contributed by atoms with Gasteiger partial charge in [0.25, 0.3) is 0 Å². The second-order valence-electron chi connectivity index (χ2n) is 4.48. The highest BCUT2D eigenvalue weighted by atomic mass is 35.5. The largest absolute Gasteiger partial charge is 0.369 e. The van der Waals surface area contributed by atoms with Gasteiger partial charge in [0.15, 0.2) is 0 Å². The minimum atomic E-state index is -0.232. The van der Waals surface area contributed by atoms with Crippen LogP contribution in [-0.2, 0) is 6.42 Å². The van der Waals surface area contributed by atoms with E-state index in [1.54, 1.807) is 18.2 Å². The number of hydrogen-bond donors (Lipinski definition) is 2. The average Bonchev–Trinajstić information content (AvgIpc) is 2.46. The zero-order valence-electron chi connectivity index (χ0n) is 11.6. The molecular weight excluding hydrogens is 312 g/mol. The zero-order chi connectivity index (χ0) is 15.2. The van der Waals surface area contributed by atoms with Crippen molar-refractivity contribution >= 4 is 34.8 Å². The van der Waals surface area contributed by atoms with Crippen LogP contribution >= 0.6 is 23.2 Å². The summed E-state index contributed by atoms with van der Waals surface area (Å²) in [7, 11) is 0. The summed E-state index contributed by atoms with van der Waals surface area (Å²) in [4.78, 5) is 4.36. The Morgan fingerprint density at radius 3 is 2.29 bits per heavy atom. The van der Waals surface area contributed by atoms with Crippen LogP contribution in [0.1, 0.15) is 12.5 Å². The lowest BCUT2D eigenvalue weighted by Crippen LogP contribution is -2.09. The van der Waals surface area contributed by atoms with Crippen molar-refractivity contribution in [1.82, 2.24) is 4.98 Å². The molecule has 0 spiro atoms. The number of hydrogen-bond acceptors (Lipinski definition) is 3. The average molecular weight is 328 g/mol. The van der Waals surface area contributed by atoms with E-state index < -0.39 is 0 Å². The Morgan fingerprint density at radius 2 is 1.67 bits per heavy atom. The van der Waals surface area contributed by atoms with Crippen molar-refractivity contribution in [3.05, 3.63) is 51.8 Å². The fraction of sp³-hybridized carbons (Fsp3) is 0.267. The van der Waals surface area contributed by atoms with Gasteiger partial charge >= 0.3 is 0 Å². The van der Waals surface area contributed by atoms with Crippen molar-refractivity contribution in [1.29, 1.82) is 0 Å². The summed E-state index contributed by atoms with van der Waals surface area (Å²) in [6.45, 7) is 3.34. The van der Waals surface area contributed by atoms with Gasteiger partial charge in [-0.3, -0.25) is 0 Å². The van der Waals surface area contributed by atoms with Gasteiger partial charge in [-0.2, -0.15) is 0 Å². The molecule has 0 radical (unpaired) electrons. The van der Waals surface area contributed by atoms with Gasteiger partial charge in [-0.1, -0.05) is 35.3 Å². The molecule has 0 aliphatic heterocycles. The highest BCUT2D eigenvalue weighted by Gasteiger charge is 2.08. The molecule has 21 heavy (non-hydrogen) atoms. The van der Waals surface area contributed by atoms with Crippen molar-refractivity contribution in [2.75, 3.05) is 23.7 Å². The van der Waals surface area contributed by atoms with Crippen LogP contribution in [-0.4, -0.2) is 18.1 Å². The first-order valence-corrected chi connectivity index (χ1v) is 7.44. The molecule has 1 heterocycles. The summed E-state index contributed by atoms with van der Waals surface area (Å²) in [5.41, 5.74) is 1.04. The molecule has 1 aromatic carbocycles. The number of aromatic nitrogens is 1. The van der Waals surface area contributed by atoms with Crippen LogP contribution in [0, 0.1) is 5.82 Å². The van der Waals surface area contributed by atoms with E-state index in [4.69, 9.17) is 23.2 Å². The molecule has 0 bridgehead atoms. The first kappa shape index (κ1) is 15.9. The van der Waals surface area contributed by atoms with Gasteiger partial charge in [-0.25, -0.2) is 9.37 Å². The highest BCUT2D eigenvalue weighted by Crippen LogP contribution is 2.29. The smallest absolute Gasteiger partial charge is 0.147 e. The molecule has 0 unspecified atom stereocenters. The fourth-order valence-corrected chi connectivity index (χ4v) is 2.35. The van der Waals surface area contributed by atoms with E-state index in [1.165, 1.54) is 12.1 Å². The van der Waals surface area contributed by atoms with Crippen LogP contribution in [0.25, 0.3) is 0 Å². The van der Waals surface area contributed by atoms with Crippen molar-refractivity contribution in [3.8, 4) is 0 Å². The topological polar surface area (TPSA) is 37.0 Å². The molecule has 3 nitrogen and oxygen atoms in total. The Labute approximate surface area is 133 Å². The number of anilines is 2. The third-order valence-corrected chi connectivity index (χ3v) is 3.47. The molecule has 2 rings (SSSR count). The van der Waals surface area contributed by atoms with E-state index in [2.05, 4.69) is 15.6 Å². The van der Waals surface area contributed by atoms with Gasteiger partial charge in [0.05, 0.1) is 10.0 Å². The highest BCUT2D eigenvalue weighted by molar-refractivity contribution is 6.37. The fourth-order valence-electron chi connectivity index (χ4n) is 1.86. The van der Waals surface area contributed by atoms with Crippen LogP contribution in [0.15, 0.2) is 30.3 Å². The van der Waals surface area contributed by atoms with Gasteiger partial charge in [0, 0.05) is 13.1 Å². The Hall–Kier alpha value is -1.52. The van der Waals surface area contributed by atoms with Crippen LogP contribution in [0.5, 0.6) is 0 Å². The number of rotatable bonds is 6. The molecule has 2 aromatic rings.